The molecule has 4 nitrogen and oxygen atoms in total. The fraction of sp³-hybridized carbons (Fsp3) is 0. The summed E-state index contributed by atoms with van der Waals surface area (Å²) in [6.07, 6.45) is 1.58. The summed E-state index contributed by atoms with van der Waals surface area (Å²) < 4.78 is 0. The van der Waals surface area contributed by atoms with Crippen molar-refractivity contribution < 1.29 is 9.59 Å². The predicted molar refractivity (Wildman–Crippen MR) is 75.9 cm³/mol. The van der Waals surface area contributed by atoms with E-state index < -0.39 is 5.91 Å². The lowest BCUT2D eigenvalue weighted by Crippen LogP contribution is -2.17. The molecule has 94 valence electrons. The minimum Gasteiger partial charge on any atom is -0.282 e. The second-order valence-electron chi connectivity index (χ2n) is 3.91. The number of nitrogens with one attached hydrogen (secondary N) is 1. The smallest absolute Gasteiger partial charge is 0.282 e. The van der Waals surface area contributed by atoms with Crippen LogP contribution in [0.5, 0.6) is 0 Å². The molecular formula is C13H7ClN2O2S. The fourth-order valence-electron chi connectivity index (χ4n) is 1.77. The van der Waals surface area contributed by atoms with Crippen LogP contribution in [-0.2, 0) is 4.79 Å². The Morgan fingerprint density at radius 1 is 1.26 bits per heavy atom. The highest BCUT2D eigenvalue weighted by atomic mass is 35.5. The van der Waals surface area contributed by atoms with Crippen LogP contribution in [-0.4, -0.2) is 16.1 Å². The molecule has 1 N–H and O–H groups in total. The number of benzene rings is 1. The molecule has 0 atom stereocenters. The Morgan fingerprint density at radius 3 is 2.79 bits per heavy atom. The number of thioether (sulfide) groups is 1. The number of carbonyl (C=O) groups is 2. The number of carbonyl (C=O) groups excluding carboxylic acids is 2. The first-order valence-electron chi connectivity index (χ1n) is 5.43. The Morgan fingerprint density at radius 2 is 2.05 bits per heavy atom. The third-order valence-corrected chi connectivity index (χ3v) is 3.75. The van der Waals surface area contributed by atoms with Crippen LogP contribution >= 0.6 is 23.4 Å². The van der Waals surface area contributed by atoms with Crippen LogP contribution in [0.4, 0.5) is 4.79 Å². The van der Waals surface area contributed by atoms with Gasteiger partial charge in [0.1, 0.15) is 5.15 Å². The molecule has 3 rings (SSSR count). The summed E-state index contributed by atoms with van der Waals surface area (Å²) in [6.45, 7) is 0. The summed E-state index contributed by atoms with van der Waals surface area (Å²) in [5.41, 5.74) is 1.40. The van der Waals surface area contributed by atoms with Gasteiger partial charge in [-0.25, -0.2) is 4.98 Å². The topological polar surface area (TPSA) is 59.1 Å². The van der Waals surface area contributed by atoms with Gasteiger partial charge in [0.2, 0.25) is 0 Å². The van der Waals surface area contributed by atoms with Crippen molar-refractivity contribution in [3.8, 4) is 0 Å². The molecule has 0 radical (unpaired) electrons. The first-order valence-corrected chi connectivity index (χ1v) is 6.63. The molecule has 0 aliphatic carbocycles. The number of rotatable bonds is 1. The maximum Gasteiger partial charge on any atom is 0.290 e. The molecule has 1 saturated heterocycles. The molecule has 1 fully saturated rings. The van der Waals surface area contributed by atoms with Crippen molar-refractivity contribution in [1.82, 2.24) is 10.3 Å². The van der Waals surface area contributed by atoms with Crippen molar-refractivity contribution in [1.29, 1.82) is 0 Å². The zero-order chi connectivity index (χ0) is 13.4. The van der Waals surface area contributed by atoms with Crippen LogP contribution in [0.1, 0.15) is 5.56 Å². The Kier molecular flexibility index (Phi) is 3.00. The summed E-state index contributed by atoms with van der Waals surface area (Å²) in [5, 5.41) is 3.05. The highest BCUT2D eigenvalue weighted by Crippen LogP contribution is 2.29. The first-order chi connectivity index (χ1) is 9.13. The van der Waals surface area contributed by atoms with E-state index in [2.05, 4.69) is 10.3 Å². The van der Waals surface area contributed by atoms with Crippen LogP contribution < -0.4 is 5.32 Å². The van der Waals surface area contributed by atoms with Gasteiger partial charge in [-0.05, 0) is 30.0 Å². The SMILES string of the molecule is O=C1NC(=O)C(=Cc2cc3ccccc3nc2Cl)S1. The quantitative estimate of drug-likeness (QED) is 0.647. The van der Waals surface area contributed by atoms with Crippen LogP contribution in [0.2, 0.25) is 5.15 Å². The van der Waals surface area contributed by atoms with E-state index in [1.165, 1.54) is 0 Å². The average molecular weight is 291 g/mol. The first kappa shape index (κ1) is 12.2. The van der Waals surface area contributed by atoms with Crippen molar-refractivity contribution in [3.63, 3.8) is 0 Å². The highest BCUT2D eigenvalue weighted by Gasteiger charge is 2.25. The summed E-state index contributed by atoms with van der Waals surface area (Å²) in [4.78, 5) is 27.2. The standard InChI is InChI=1S/C13H7ClN2O2S/c14-11-8(6-10-12(17)16-13(18)19-10)5-7-3-1-2-4-9(7)15-11/h1-6H,(H,16,17,18). The molecule has 2 heterocycles. The zero-order valence-corrected chi connectivity index (χ0v) is 11.1. The van der Waals surface area contributed by atoms with Crippen LogP contribution in [0.15, 0.2) is 35.2 Å². The molecule has 1 aliphatic rings. The van der Waals surface area contributed by atoms with Crippen molar-refractivity contribution in [2.24, 2.45) is 0 Å². The molecule has 0 saturated carbocycles. The zero-order valence-electron chi connectivity index (χ0n) is 9.51. The van der Waals surface area contributed by atoms with Crippen LogP contribution in [0.3, 0.4) is 0 Å². The Hall–Kier alpha value is -1.85. The fourth-order valence-corrected chi connectivity index (χ4v) is 2.65. The minimum absolute atomic E-state index is 0.305. The monoisotopic (exact) mass is 290 g/mol. The number of amides is 2. The predicted octanol–water partition coefficient (Wildman–Crippen LogP) is 3.21. The van der Waals surface area contributed by atoms with Gasteiger partial charge in [-0.2, -0.15) is 0 Å². The molecule has 2 amide bonds. The van der Waals surface area contributed by atoms with Gasteiger partial charge in [0.15, 0.2) is 0 Å². The maximum absolute atomic E-state index is 11.5. The van der Waals surface area contributed by atoms with E-state index in [0.29, 0.717) is 15.6 Å². The molecule has 1 aromatic heterocycles. The summed E-state index contributed by atoms with van der Waals surface area (Å²) in [5.74, 6) is -0.403. The number of imide groups is 1. The maximum atomic E-state index is 11.5. The van der Waals surface area contributed by atoms with E-state index in [-0.39, 0.29) is 5.24 Å². The van der Waals surface area contributed by atoms with E-state index in [4.69, 9.17) is 11.6 Å². The van der Waals surface area contributed by atoms with E-state index in [9.17, 15) is 9.59 Å². The van der Waals surface area contributed by atoms with Gasteiger partial charge in [0.25, 0.3) is 11.1 Å². The van der Waals surface area contributed by atoms with E-state index in [1.54, 1.807) is 6.08 Å². The van der Waals surface area contributed by atoms with E-state index >= 15 is 0 Å². The Labute approximate surface area is 117 Å². The van der Waals surface area contributed by atoms with Gasteiger partial charge in [0, 0.05) is 10.9 Å². The summed E-state index contributed by atoms with van der Waals surface area (Å²) >= 11 is 6.94. The Balaban J connectivity index is 2.10. The molecule has 0 unspecified atom stereocenters. The number of pyridine rings is 1. The van der Waals surface area contributed by atoms with Crippen molar-refractivity contribution >= 4 is 51.5 Å². The third-order valence-electron chi connectivity index (χ3n) is 2.63. The number of halogens is 1. The number of fused-ring (bicyclic) bond motifs is 1. The molecular weight excluding hydrogens is 284 g/mol. The highest BCUT2D eigenvalue weighted by molar-refractivity contribution is 8.18. The average Bonchev–Trinajstić information content (AvgIpc) is 2.69. The lowest BCUT2D eigenvalue weighted by Gasteiger charge is -2.02. The van der Waals surface area contributed by atoms with Crippen LogP contribution in [0.25, 0.3) is 17.0 Å². The molecule has 0 bridgehead atoms. The van der Waals surface area contributed by atoms with Crippen molar-refractivity contribution in [2.45, 2.75) is 0 Å². The molecule has 1 aliphatic heterocycles. The number of para-hydroxylation sites is 1. The van der Waals surface area contributed by atoms with E-state index in [0.717, 1.165) is 22.7 Å². The van der Waals surface area contributed by atoms with Gasteiger partial charge in [-0.1, -0.05) is 29.8 Å². The van der Waals surface area contributed by atoms with Gasteiger partial charge in [-0.15, -0.1) is 0 Å². The molecule has 1 aromatic carbocycles. The van der Waals surface area contributed by atoms with Gasteiger partial charge in [-0.3, -0.25) is 14.9 Å². The molecule has 6 heteroatoms. The largest absolute Gasteiger partial charge is 0.290 e. The number of aromatic nitrogens is 1. The second-order valence-corrected chi connectivity index (χ2v) is 5.29. The molecule has 2 aromatic rings. The van der Waals surface area contributed by atoms with Crippen molar-refractivity contribution in [3.05, 3.63) is 46.0 Å². The van der Waals surface area contributed by atoms with Gasteiger partial charge in [0.05, 0.1) is 10.4 Å². The third kappa shape index (κ3) is 2.34. The van der Waals surface area contributed by atoms with Crippen LogP contribution in [0, 0.1) is 0 Å². The number of hydrogen-bond donors (Lipinski definition) is 1. The van der Waals surface area contributed by atoms with E-state index in [1.807, 2.05) is 30.3 Å². The second kappa shape index (κ2) is 4.68. The molecule has 19 heavy (non-hydrogen) atoms. The number of nitrogens with zero attached hydrogens (tertiary/aromatic N) is 1. The molecule has 0 spiro atoms. The Bertz CT molecular complexity index is 743. The van der Waals surface area contributed by atoms with Crippen molar-refractivity contribution in [2.75, 3.05) is 0 Å². The van der Waals surface area contributed by atoms with Gasteiger partial charge < -0.3 is 0 Å². The summed E-state index contributed by atoms with van der Waals surface area (Å²) in [7, 11) is 0. The number of hydrogen-bond acceptors (Lipinski definition) is 4. The van der Waals surface area contributed by atoms with Gasteiger partial charge >= 0.3 is 0 Å². The summed E-state index contributed by atoms with van der Waals surface area (Å²) in [6, 6.07) is 9.39. The lowest BCUT2D eigenvalue weighted by molar-refractivity contribution is -0.115. The minimum atomic E-state index is -0.403. The lowest BCUT2D eigenvalue weighted by atomic mass is 10.1. The normalized spacial score (nSPS) is 17.2.